The van der Waals surface area contributed by atoms with Crippen molar-refractivity contribution >= 4 is 6.29 Å². The number of ether oxygens (including phenoxy) is 2. The molecule has 4 heteroatoms. The van der Waals surface area contributed by atoms with Crippen LogP contribution < -0.4 is 9.47 Å². The molecule has 0 N–H and O–H groups in total. The van der Waals surface area contributed by atoms with Crippen molar-refractivity contribution in [1.29, 1.82) is 5.26 Å². The van der Waals surface area contributed by atoms with E-state index in [0.29, 0.717) is 29.2 Å². The number of nitrogens with zero attached hydrogens (tertiary/aromatic N) is 1. The van der Waals surface area contributed by atoms with Gasteiger partial charge in [0, 0.05) is 0 Å². The smallest absolute Gasteiger partial charge is 0.153 e. The first kappa shape index (κ1) is 13.6. The third kappa shape index (κ3) is 3.15. The van der Waals surface area contributed by atoms with Crippen LogP contribution in [0.1, 0.15) is 21.5 Å². The third-order valence-corrected chi connectivity index (χ3v) is 2.82. The summed E-state index contributed by atoms with van der Waals surface area (Å²) < 4.78 is 10.7. The van der Waals surface area contributed by atoms with Crippen molar-refractivity contribution in [2.24, 2.45) is 0 Å². The molecule has 0 bridgehead atoms. The molecule has 0 fully saturated rings. The van der Waals surface area contributed by atoms with Gasteiger partial charge in [-0.05, 0) is 35.9 Å². The second-order valence-corrected chi connectivity index (χ2v) is 4.12. The van der Waals surface area contributed by atoms with Gasteiger partial charge in [-0.2, -0.15) is 5.26 Å². The third-order valence-electron chi connectivity index (χ3n) is 2.82. The molecule has 0 aliphatic heterocycles. The molecule has 0 radical (unpaired) electrons. The zero-order chi connectivity index (χ0) is 14.4. The van der Waals surface area contributed by atoms with Crippen LogP contribution in [0.4, 0.5) is 0 Å². The van der Waals surface area contributed by atoms with Crippen LogP contribution in [-0.4, -0.2) is 13.4 Å². The first-order chi connectivity index (χ1) is 9.76. The highest BCUT2D eigenvalue weighted by Gasteiger charge is 2.05. The van der Waals surface area contributed by atoms with Crippen LogP contribution in [-0.2, 0) is 6.61 Å². The average Bonchev–Trinajstić information content (AvgIpc) is 2.53. The monoisotopic (exact) mass is 267 g/mol. The SMILES string of the molecule is COc1ccc(OCc2ccc(C#N)cc2)c(C=O)c1. The Morgan fingerprint density at radius 3 is 2.55 bits per heavy atom. The van der Waals surface area contributed by atoms with Gasteiger partial charge in [-0.1, -0.05) is 12.1 Å². The van der Waals surface area contributed by atoms with Crippen molar-refractivity contribution < 1.29 is 14.3 Å². The Balaban J connectivity index is 2.10. The summed E-state index contributed by atoms with van der Waals surface area (Å²) in [7, 11) is 1.54. The fraction of sp³-hybridized carbons (Fsp3) is 0.125. The first-order valence-electron chi connectivity index (χ1n) is 6.02. The summed E-state index contributed by atoms with van der Waals surface area (Å²) in [5, 5.41) is 8.72. The van der Waals surface area contributed by atoms with Crippen molar-refractivity contribution in [2.45, 2.75) is 6.61 Å². The molecule has 2 aromatic carbocycles. The molecule has 20 heavy (non-hydrogen) atoms. The number of hydrogen-bond acceptors (Lipinski definition) is 4. The van der Waals surface area contributed by atoms with Crippen molar-refractivity contribution in [3.8, 4) is 17.6 Å². The lowest BCUT2D eigenvalue weighted by Crippen LogP contribution is -1.99. The largest absolute Gasteiger partial charge is 0.497 e. The van der Waals surface area contributed by atoms with Crippen molar-refractivity contribution in [3.05, 3.63) is 59.2 Å². The molecule has 0 saturated heterocycles. The van der Waals surface area contributed by atoms with Gasteiger partial charge in [0.1, 0.15) is 18.1 Å². The fourth-order valence-corrected chi connectivity index (χ4v) is 1.71. The Morgan fingerprint density at radius 1 is 1.20 bits per heavy atom. The number of rotatable bonds is 5. The number of hydrogen-bond donors (Lipinski definition) is 0. The predicted molar refractivity (Wildman–Crippen MR) is 73.9 cm³/mol. The van der Waals surface area contributed by atoms with Gasteiger partial charge in [-0.3, -0.25) is 4.79 Å². The van der Waals surface area contributed by atoms with Gasteiger partial charge in [0.2, 0.25) is 0 Å². The second kappa shape index (κ2) is 6.39. The summed E-state index contributed by atoms with van der Waals surface area (Å²) in [5.41, 5.74) is 1.97. The van der Waals surface area contributed by atoms with Gasteiger partial charge in [0.05, 0.1) is 24.3 Å². The van der Waals surface area contributed by atoms with E-state index in [-0.39, 0.29) is 0 Å². The highest BCUT2D eigenvalue weighted by atomic mass is 16.5. The van der Waals surface area contributed by atoms with Crippen LogP contribution in [0, 0.1) is 11.3 Å². The molecule has 0 aliphatic rings. The number of carbonyl (C=O) groups excluding carboxylic acids is 1. The van der Waals surface area contributed by atoms with E-state index in [1.807, 2.05) is 12.1 Å². The summed E-state index contributed by atoms with van der Waals surface area (Å²) in [6.45, 7) is 0.332. The van der Waals surface area contributed by atoms with Gasteiger partial charge in [0.25, 0.3) is 0 Å². The van der Waals surface area contributed by atoms with Gasteiger partial charge >= 0.3 is 0 Å². The summed E-state index contributed by atoms with van der Waals surface area (Å²) in [5.74, 6) is 1.11. The molecule has 0 spiro atoms. The minimum atomic E-state index is 0.332. The fourth-order valence-electron chi connectivity index (χ4n) is 1.71. The lowest BCUT2D eigenvalue weighted by Gasteiger charge is -2.09. The van der Waals surface area contributed by atoms with Gasteiger partial charge in [-0.15, -0.1) is 0 Å². The lowest BCUT2D eigenvalue weighted by atomic mass is 10.1. The zero-order valence-electron chi connectivity index (χ0n) is 11.0. The van der Waals surface area contributed by atoms with E-state index in [1.165, 1.54) is 0 Å². The van der Waals surface area contributed by atoms with E-state index >= 15 is 0 Å². The summed E-state index contributed by atoms with van der Waals surface area (Å²) in [6, 6.07) is 14.2. The Bertz CT molecular complexity index is 642. The number of carbonyl (C=O) groups is 1. The molecule has 0 aromatic heterocycles. The standard InChI is InChI=1S/C16H13NO3/c1-19-15-6-7-16(14(8-15)10-18)20-11-13-4-2-12(9-17)3-5-13/h2-8,10H,11H2,1H3. The molecule has 0 aliphatic carbocycles. The predicted octanol–water partition coefficient (Wildman–Crippen LogP) is 2.96. The molecule has 4 nitrogen and oxygen atoms in total. The molecule has 0 amide bonds. The van der Waals surface area contributed by atoms with Crippen molar-refractivity contribution in [1.82, 2.24) is 0 Å². The molecule has 0 heterocycles. The topological polar surface area (TPSA) is 59.3 Å². The van der Waals surface area contributed by atoms with E-state index in [0.717, 1.165) is 11.8 Å². The number of aldehydes is 1. The maximum Gasteiger partial charge on any atom is 0.153 e. The Kier molecular flexibility index (Phi) is 4.35. The van der Waals surface area contributed by atoms with Crippen LogP contribution in [0.15, 0.2) is 42.5 Å². The maximum atomic E-state index is 11.0. The molecular formula is C16H13NO3. The molecule has 100 valence electrons. The number of nitriles is 1. The first-order valence-corrected chi connectivity index (χ1v) is 6.02. The molecule has 2 aromatic rings. The summed E-state index contributed by atoms with van der Waals surface area (Å²) >= 11 is 0. The van der Waals surface area contributed by atoms with E-state index in [2.05, 4.69) is 6.07 Å². The minimum absolute atomic E-state index is 0.332. The van der Waals surface area contributed by atoms with Crippen LogP contribution >= 0.6 is 0 Å². The quantitative estimate of drug-likeness (QED) is 0.781. The summed E-state index contributed by atoms with van der Waals surface area (Å²) in [4.78, 5) is 11.0. The Morgan fingerprint density at radius 2 is 1.95 bits per heavy atom. The molecular weight excluding hydrogens is 254 g/mol. The number of benzene rings is 2. The van der Waals surface area contributed by atoms with E-state index in [9.17, 15) is 4.79 Å². The number of methoxy groups -OCH3 is 1. The van der Waals surface area contributed by atoms with E-state index in [1.54, 1.807) is 37.4 Å². The second-order valence-electron chi connectivity index (χ2n) is 4.12. The maximum absolute atomic E-state index is 11.0. The van der Waals surface area contributed by atoms with E-state index in [4.69, 9.17) is 14.7 Å². The molecule has 2 rings (SSSR count). The van der Waals surface area contributed by atoms with Crippen LogP contribution in [0.25, 0.3) is 0 Å². The van der Waals surface area contributed by atoms with E-state index < -0.39 is 0 Å². The molecule has 0 saturated carbocycles. The Labute approximate surface area is 117 Å². The highest BCUT2D eigenvalue weighted by Crippen LogP contribution is 2.23. The van der Waals surface area contributed by atoms with Gasteiger partial charge in [-0.25, -0.2) is 0 Å². The summed E-state index contributed by atoms with van der Waals surface area (Å²) in [6.07, 6.45) is 0.733. The Hall–Kier alpha value is -2.80. The van der Waals surface area contributed by atoms with Crippen molar-refractivity contribution in [2.75, 3.05) is 7.11 Å². The molecule has 0 atom stereocenters. The van der Waals surface area contributed by atoms with Crippen LogP contribution in [0.3, 0.4) is 0 Å². The average molecular weight is 267 g/mol. The zero-order valence-corrected chi connectivity index (χ0v) is 11.0. The van der Waals surface area contributed by atoms with Crippen molar-refractivity contribution in [3.63, 3.8) is 0 Å². The van der Waals surface area contributed by atoms with Crippen LogP contribution in [0.5, 0.6) is 11.5 Å². The highest BCUT2D eigenvalue weighted by molar-refractivity contribution is 5.80. The van der Waals surface area contributed by atoms with Crippen LogP contribution in [0.2, 0.25) is 0 Å². The molecule has 0 unspecified atom stereocenters. The lowest BCUT2D eigenvalue weighted by molar-refractivity contribution is 0.111. The minimum Gasteiger partial charge on any atom is -0.497 e. The normalized spacial score (nSPS) is 9.60. The van der Waals surface area contributed by atoms with Gasteiger partial charge < -0.3 is 9.47 Å². The van der Waals surface area contributed by atoms with Gasteiger partial charge in [0.15, 0.2) is 6.29 Å².